The predicted molar refractivity (Wildman–Crippen MR) is 124 cm³/mol. The van der Waals surface area contributed by atoms with Gasteiger partial charge in [-0.2, -0.15) is 4.37 Å². The average molecular weight is 477 g/mol. The molecule has 2 aromatic heterocycles. The zero-order valence-electron chi connectivity index (χ0n) is 16.2. The van der Waals surface area contributed by atoms with Crippen LogP contribution in [-0.2, 0) is 0 Å². The monoisotopic (exact) mass is 476 g/mol. The third-order valence-electron chi connectivity index (χ3n) is 4.69. The molecule has 0 saturated carbocycles. The van der Waals surface area contributed by atoms with E-state index in [-0.39, 0.29) is 27.0 Å². The molecule has 1 saturated heterocycles. The highest BCUT2D eigenvalue weighted by Crippen LogP contribution is 2.27. The molecule has 3 N–H and O–H groups in total. The van der Waals surface area contributed by atoms with Gasteiger partial charge in [0.1, 0.15) is 5.82 Å². The van der Waals surface area contributed by atoms with Gasteiger partial charge in [0.2, 0.25) is 0 Å². The van der Waals surface area contributed by atoms with Gasteiger partial charge in [0.15, 0.2) is 5.69 Å². The molecule has 8 nitrogen and oxygen atoms in total. The van der Waals surface area contributed by atoms with Crippen molar-refractivity contribution < 1.29 is 9.59 Å². The SMILES string of the molecule is O=C(Nc1ccc(N2CCNCC2)cn1)c1nscc1NC(=O)c1c(Cl)cccc1Cl. The summed E-state index contributed by atoms with van der Waals surface area (Å²) in [7, 11) is 0. The first-order chi connectivity index (χ1) is 15.0. The van der Waals surface area contributed by atoms with Crippen LogP contribution < -0.4 is 20.9 Å². The number of hydrogen-bond acceptors (Lipinski definition) is 7. The van der Waals surface area contributed by atoms with E-state index in [0.717, 1.165) is 43.4 Å². The number of hydrogen-bond donors (Lipinski definition) is 3. The van der Waals surface area contributed by atoms with Crippen molar-refractivity contribution in [3.63, 3.8) is 0 Å². The molecule has 0 bridgehead atoms. The molecule has 31 heavy (non-hydrogen) atoms. The van der Waals surface area contributed by atoms with Gasteiger partial charge in [0, 0.05) is 31.6 Å². The Balaban J connectivity index is 1.44. The highest BCUT2D eigenvalue weighted by molar-refractivity contribution is 7.04. The Bertz CT molecular complexity index is 1080. The van der Waals surface area contributed by atoms with E-state index >= 15 is 0 Å². The van der Waals surface area contributed by atoms with Crippen molar-refractivity contribution in [2.45, 2.75) is 0 Å². The molecule has 3 aromatic rings. The number of piperazine rings is 1. The topological polar surface area (TPSA) is 99.2 Å². The van der Waals surface area contributed by atoms with Crippen LogP contribution in [0.15, 0.2) is 41.9 Å². The minimum atomic E-state index is -0.525. The van der Waals surface area contributed by atoms with Crippen LogP contribution >= 0.6 is 34.7 Å². The molecule has 0 unspecified atom stereocenters. The minimum absolute atomic E-state index is 0.0782. The van der Waals surface area contributed by atoms with Crippen LogP contribution in [0, 0.1) is 0 Å². The number of amides is 2. The molecule has 160 valence electrons. The van der Waals surface area contributed by atoms with Gasteiger partial charge in [-0.25, -0.2) is 4.98 Å². The van der Waals surface area contributed by atoms with Gasteiger partial charge in [-0.3, -0.25) is 9.59 Å². The van der Waals surface area contributed by atoms with E-state index in [1.807, 2.05) is 6.07 Å². The largest absolute Gasteiger partial charge is 0.368 e. The number of aromatic nitrogens is 2. The fourth-order valence-corrected chi connectivity index (χ4v) is 4.32. The van der Waals surface area contributed by atoms with Crippen LogP contribution in [-0.4, -0.2) is 47.4 Å². The number of halogens is 2. The molecule has 0 aliphatic carbocycles. The Labute approximate surface area is 192 Å². The van der Waals surface area contributed by atoms with Crippen LogP contribution in [0.2, 0.25) is 10.0 Å². The average Bonchev–Trinajstić information content (AvgIpc) is 3.23. The second-order valence-electron chi connectivity index (χ2n) is 6.72. The number of rotatable bonds is 5. The maximum atomic E-state index is 12.7. The molecule has 4 rings (SSSR count). The van der Waals surface area contributed by atoms with Crippen molar-refractivity contribution in [3.05, 3.63) is 63.2 Å². The summed E-state index contributed by atoms with van der Waals surface area (Å²) in [5.74, 6) is -0.615. The normalized spacial score (nSPS) is 13.7. The zero-order valence-corrected chi connectivity index (χ0v) is 18.5. The van der Waals surface area contributed by atoms with Gasteiger partial charge in [-0.15, -0.1) is 0 Å². The van der Waals surface area contributed by atoms with Gasteiger partial charge in [0.05, 0.1) is 33.2 Å². The van der Waals surface area contributed by atoms with Crippen LogP contribution in [0.25, 0.3) is 0 Å². The Morgan fingerprint density at radius 1 is 1.03 bits per heavy atom. The fourth-order valence-electron chi connectivity index (χ4n) is 3.13. The molecule has 1 fully saturated rings. The number of pyridine rings is 1. The Morgan fingerprint density at radius 2 is 1.77 bits per heavy atom. The molecule has 1 aliphatic heterocycles. The summed E-state index contributed by atoms with van der Waals surface area (Å²) < 4.78 is 4.10. The molecule has 0 spiro atoms. The third-order valence-corrected chi connectivity index (χ3v) is 5.95. The molecule has 0 atom stereocenters. The molecule has 1 aliphatic rings. The van der Waals surface area contributed by atoms with Crippen molar-refractivity contribution in [2.75, 3.05) is 41.7 Å². The van der Waals surface area contributed by atoms with Crippen molar-refractivity contribution >= 4 is 63.7 Å². The Hall–Kier alpha value is -2.72. The summed E-state index contributed by atoms with van der Waals surface area (Å²) in [5, 5.41) is 10.7. The number of carbonyl (C=O) groups excluding carboxylic acids is 2. The van der Waals surface area contributed by atoms with Crippen LogP contribution in [0.5, 0.6) is 0 Å². The number of carbonyl (C=O) groups is 2. The van der Waals surface area contributed by atoms with Gasteiger partial charge in [-0.1, -0.05) is 29.3 Å². The second-order valence-corrected chi connectivity index (χ2v) is 8.16. The van der Waals surface area contributed by atoms with Crippen molar-refractivity contribution in [2.24, 2.45) is 0 Å². The quantitative estimate of drug-likeness (QED) is 0.518. The Kier molecular flexibility index (Phi) is 6.67. The maximum absolute atomic E-state index is 12.7. The Morgan fingerprint density at radius 3 is 2.45 bits per heavy atom. The van der Waals surface area contributed by atoms with Gasteiger partial charge < -0.3 is 20.9 Å². The first-order valence-electron chi connectivity index (χ1n) is 9.46. The van der Waals surface area contributed by atoms with E-state index in [1.165, 1.54) is 0 Å². The summed E-state index contributed by atoms with van der Waals surface area (Å²) in [5.41, 5.74) is 1.47. The lowest BCUT2D eigenvalue weighted by molar-refractivity contribution is 0.102. The summed E-state index contributed by atoms with van der Waals surface area (Å²) in [6, 6.07) is 8.43. The van der Waals surface area contributed by atoms with Crippen LogP contribution in [0.4, 0.5) is 17.2 Å². The van der Waals surface area contributed by atoms with E-state index in [0.29, 0.717) is 5.82 Å². The van der Waals surface area contributed by atoms with Crippen molar-refractivity contribution in [3.8, 4) is 0 Å². The summed E-state index contributed by atoms with van der Waals surface area (Å²) >= 11 is 13.2. The number of nitrogens with zero attached hydrogens (tertiary/aromatic N) is 3. The lowest BCUT2D eigenvalue weighted by atomic mass is 10.2. The molecule has 3 heterocycles. The number of anilines is 3. The van der Waals surface area contributed by atoms with Crippen LogP contribution in [0.3, 0.4) is 0 Å². The fraction of sp³-hybridized carbons (Fsp3) is 0.200. The number of benzene rings is 1. The first-order valence-corrected chi connectivity index (χ1v) is 11.0. The van der Waals surface area contributed by atoms with E-state index < -0.39 is 11.8 Å². The van der Waals surface area contributed by atoms with Crippen molar-refractivity contribution in [1.82, 2.24) is 14.7 Å². The zero-order chi connectivity index (χ0) is 21.8. The predicted octanol–water partition coefficient (Wildman–Crippen LogP) is 3.76. The highest BCUT2D eigenvalue weighted by atomic mass is 35.5. The van der Waals surface area contributed by atoms with E-state index in [2.05, 4.69) is 30.2 Å². The molecular formula is C20H18Cl2N6O2S. The highest BCUT2D eigenvalue weighted by Gasteiger charge is 2.21. The lowest BCUT2D eigenvalue weighted by Gasteiger charge is -2.29. The van der Waals surface area contributed by atoms with Crippen molar-refractivity contribution in [1.29, 1.82) is 0 Å². The van der Waals surface area contributed by atoms with Gasteiger partial charge in [-0.05, 0) is 35.8 Å². The number of nitrogens with one attached hydrogen (secondary N) is 3. The van der Waals surface area contributed by atoms with E-state index in [9.17, 15) is 9.59 Å². The van der Waals surface area contributed by atoms with Crippen LogP contribution in [0.1, 0.15) is 20.8 Å². The second kappa shape index (κ2) is 9.61. The van der Waals surface area contributed by atoms with E-state index in [1.54, 1.807) is 35.8 Å². The van der Waals surface area contributed by atoms with Gasteiger partial charge in [0.25, 0.3) is 11.8 Å². The summed E-state index contributed by atoms with van der Waals surface area (Å²) in [6.07, 6.45) is 1.73. The third kappa shape index (κ3) is 4.96. The molecule has 0 radical (unpaired) electrons. The smallest absolute Gasteiger partial charge is 0.278 e. The molecule has 11 heteroatoms. The summed E-state index contributed by atoms with van der Waals surface area (Å²) in [4.78, 5) is 31.9. The minimum Gasteiger partial charge on any atom is -0.368 e. The maximum Gasteiger partial charge on any atom is 0.278 e. The lowest BCUT2D eigenvalue weighted by Crippen LogP contribution is -2.43. The first kappa shape index (κ1) is 21.5. The molecular weight excluding hydrogens is 459 g/mol. The van der Waals surface area contributed by atoms with E-state index in [4.69, 9.17) is 23.2 Å². The van der Waals surface area contributed by atoms with Gasteiger partial charge >= 0.3 is 0 Å². The molecule has 2 amide bonds. The standard InChI is InChI=1S/C20H18Cl2N6O2S/c21-13-2-1-3-14(22)17(13)19(29)25-15-11-31-27-18(15)20(30)26-16-5-4-12(10-24-16)28-8-6-23-7-9-28/h1-5,10-11,23H,6-9H2,(H,25,29)(H,24,26,30). The summed E-state index contributed by atoms with van der Waals surface area (Å²) in [6.45, 7) is 3.67. The molecule has 1 aromatic carbocycles.